The molecule has 11 nitrogen and oxygen atoms in total. The molecule has 2 aromatic heterocycles. The number of tetrazole rings is 1. The molecule has 11 heteroatoms. The lowest BCUT2D eigenvalue weighted by atomic mass is 10.0. The maximum atomic E-state index is 13.4. The van der Waals surface area contributed by atoms with Gasteiger partial charge in [0.2, 0.25) is 0 Å². The van der Waals surface area contributed by atoms with Gasteiger partial charge in [-0.1, -0.05) is 11.6 Å². The van der Waals surface area contributed by atoms with Gasteiger partial charge in [-0.15, -0.1) is 5.10 Å². The van der Waals surface area contributed by atoms with E-state index in [9.17, 15) is 14.9 Å². The molecule has 3 heterocycles. The second-order valence-electron chi connectivity index (χ2n) is 10.5. The summed E-state index contributed by atoms with van der Waals surface area (Å²) >= 11 is 0. The lowest BCUT2D eigenvalue weighted by Gasteiger charge is -2.40. The number of benzene rings is 2. The third-order valence-corrected chi connectivity index (χ3v) is 6.80. The lowest BCUT2D eigenvalue weighted by Crippen LogP contribution is -2.49. The number of nitrogens with one attached hydrogen (secondary N) is 1. The highest BCUT2D eigenvalue weighted by atomic mass is 16.6. The van der Waals surface area contributed by atoms with Gasteiger partial charge in [-0.3, -0.25) is 19.8 Å². The first-order valence-electron chi connectivity index (χ1n) is 12.3. The van der Waals surface area contributed by atoms with Crippen molar-refractivity contribution < 1.29 is 4.92 Å². The van der Waals surface area contributed by atoms with Gasteiger partial charge in [0.05, 0.1) is 10.5 Å². The maximum Gasteiger partial charge on any atom is 0.269 e. The van der Waals surface area contributed by atoms with E-state index in [0.717, 1.165) is 22.2 Å². The summed E-state index contributed by atoms with van der Waals surface area (Å²) in [6, 6.07) is 14.1. The second kappa shape index (κ2) is 9.40. The Morgan fingerprint density at radius 3 is 2.38 bits per heavy atom. The molecule has 0 spiro atoms. The summed E-state index contributed by atoms with van der Waals surface area (Å²) < 4.78 is 1.79. The Bertz CT molecular complexity index is 1500. The van der Waals surface area contributed by atoms with Crippen molar-refractivity contribution in [2.24, 2.45) is 0 Å². The van der Waals surface area contributed by atoms with Gasteiger partial charge in [0.1, 0.15) is 6.04 Å². The third-order valence-electron chi connectivity index (χ3n) is 6.80. The van der Waals surface area contributed by atoms with Crippen LogP contribution in [0.25, 0.3) is 10.9 Å². The van der Waals surface area contributed by atoms with Crippen LogP contribution in [0, 0.1) is 17.0 Å². The van der Waals surface area contributed by atoms with E-state index in [2.05, 4.69) is 36.4 Å². The largest absolute Gasteiger partial charge is 0.369 e. The standard InChI is InChI=1S/C26H30N8O3/c1-17-5-10-22-18(15-17)16-21(25(35)27-22)23(24-28-29-30-33(24)26(2,3)4)32-13-11-31(12-14-32)19-6-8-20(9-7-19)34(36)37/h5-10,15-16,23H,11-14H2,1-4H3,(H,27,35)/t23-/m1/s1. The highest BCUT2D eigenvalue weighted by Crippen LogP contribution is 2.31. The van der Waals surface area contributed by atoms with E-state index in [-0.39, 0.29) is 16.8 Å². The smallest absolute Gasteiger partial charge is 0.269 e. The Kier molecular flexibility index (Phi) is 6.24. The number of H-pyrrole nitrogens is 1. The van der Waals surface area contributed by atoms with Crippen LogP contribution < -0.4 is 10.5 Å². The van der Waals surface area contributed by atoms with E-state index < -0.39 is 11.0 Å². The van der Waals surface area contributed by atoms with Gasteiger partial charge in [0, 0.05) is 55.1 Å². The second-order valence-corrected chi connectivity index (χ2v) is 10.5. The van der Waals surface area contributed by atoms with Crippen LogP contribution in [-0.2, 0) is 5.54 Å². The SMILES string of the molecule is Cc1ccc2[nH]c(=O)c([C@H](c3nnnn3C(C)(C)C)N3CCN(c4ccc([N+](=O)[O-])cc4)CC3)cc2c1. The van der Waals surface area contributed by atoms with Crippen LogP contribution >= 0.6 is 0 Å². The van der Waals surface area contributed by atoms with Gasteiger partial charge in [-0.2, -0.15) is 0 Å². The molecule has 0 amide bonds. The van der Waals surface area contributed by atoms with Crippen LogP contribution in [0.1, 0.15) is 43.8 Å². The molecule has 4 aromatic rings. The topological polar surface area (TPSA) is 126 Å². The number of aryl methyl sites for hydroxylation is 1. The monoisotopic (exact) mass is 502 g/mol. The highest BCUT2D eigenvalue weighted by Gasteiger charge is 2.35. The first-order valence-corrected chi connectivity index (χ1v) is 12.3. The summed E-state index contributed by atoms with van der Waals surface area (Å²) in [6.45, 7) is 10.8. The Morgan fingerprint density at radius 1 is 1.03 bits per heavy atom. The average molecular weight is 503 g/mol. The third kappa shape index (κ3) is 4.82. The van der Waals surface area contributed by atoms with Crippen LogP contribution in [0.4, 0.5) is 11.4 Å². The number of anilines is 1. The Labute approximate surface area is 213 Å². The summed E-state index contributed by atoms with van der Waals surface area (Å²) in [5.41, 5.74) is 2.96. The fraction of sp³-hybridized carbons (Fsp3) is 0.385. The normalized spacial score (nSPS) is 15.7. The van der Waals surface area contributed by atoms with Crippen LogP contribution in [0.3, 0.4) is 0 Å². The van der Waals surface area contributed by atoms with Crippen LogP contribution in [0.2, 0.25) is 0 Å². The zero-order valence-corrected chi connectivity index (χ0v) is 21.4. The minimum Gasteiger partial charge on any atom is -0.369 e. The minimum atomic E-state index is -0.443. The first-order chi connectivity index (χ1) is 17.6. The van der Waals surface area contributed by atoms with Gasteiger partial charge in [-0.25, -0.2) is 4.68 Å². The van der Waals surface area contributed by atoms with Crippen molar-refractivity contribution in [2.75, 3.05) is 31.1 Å². The molecule has 192 valence electrons. The molecular formula is C26H30N8O3. The summed E-state index contributed by atoms with van der Waals surface area (Å²) in [4.78, 5) is 31.5. The van der Waals surface area contributed by atoms with Crippen molar-refractivity contribution in [1.82, 2.24) is 30.1 Å². The lowest BCUT2D eigenvalue weighted by molar-refractivity contribution is -0.384. The molecule has 1 N–H and O–H groups in total. The fourth-order valence-electron chi connectivity index (χ4n) is 4.91. The van der Waals surface area contributed by atoms with E-state index in [1.807, 2.05) is 45.9 Å². The molecule has 1 atom stereocenters. The molecule has 1 saturated heterocycles. The number of hydrogen-bond acceptors (Lipinski definition) is 8. The summed E-state index contributed by atoms with van der Waals surface area (Å²) in [5, 5.41) is 24.6. The summed E-state index contributed by atoms with van der Waals surface area (Å²) in [7, 11) is 0. The molecule has 2 aromatic carbocycles. The van der Waals surface area contributed by atoms with Crippen LogP contribution in [0.5, 0.6) is 0 Å². The van der Waals surface area contributed by atoms with Crippen molar-refractivity contribution >= 4 is 22.3 Å². The minimum absolute atomic E-state index is 0.0715. The molecule has 0 bridgehead atoms. The highest BCUT2D eigenvalue weighted by molar-refractivity contribution is 5.79. The number of nitro groups is 1. The number of nitro benzene ring substituents is 1. The zero-order valence-electron chi connectivity index (χ0n) is 21.4. The molecule has 0 unspecified atom stereocenters. The number of hydrogen-bond donors (Lipinski definition) is 1. The van der Waals surface area contributed by atoms with E-state index in [4.69, 9.17) is 0 Å². The number of aromatic amines is 1. The van der Waals surface area contributed by atoms with Crippen molar-refractivity contribution in [1.29, 1.82) is 0 Å². The average Bonchev–Trinajstić information content (AvgIpc) is 3.36. The number of piperazine rings is 1. The number of non-ortho nitro benzene ring substituents is 1. The van der Waals surface area contributed by atoms with E-state index in [0.29, 0.717) is 37.6 Å². The number of pyridine rings is 1. The molecule has 0 aliphatic carbocycles. The number of aromatic nitrogens is 5. The van der Waals surface area contributed by atoms with Gasteiger partial charge < -0.3 is 9.88 Å². The molecule has 0 saturated carbocycles. The molecule has 1 aliphatic rings. The van der Waals surface area contributed by atoms with Crippen molar-refractivity contribution in [3.8, 4) is 0 Å². The van der Waals surface area contributed by atoms with Crippen molar-refractivity contribution in [3.63, 3.8) is 0 Å². The molecule has 0 radical (unpaired) electrons. The quantitative estimate of drug-likeness (QED) is 0.325. The first kappa shape index (κ1) is 24.6. The Hall–Kier alpha value is -4.12. The molecule has 5 rings (SSSR count). The molecule has 37 heavy (non-hydrogen) atoms. The number of fused-ring (bicyclic) bond motifs is 1. The summed E-state index contributed by atoms with van der Waals surface area (Å²) in [5.74, 6) is 0.619. The van der Waals surface area contributed by atoms with Gasteiger partial charge in [0.25, 0.3) is 11.2 Å². The van der Waals surface area contributed by atoms with Gasteiger partial charge >= 0.3 is 0 Å². The van der Waals surface area contributed by atoms with E-state index >= 15 is 0 Å². The number of rotatable bonds is 5. The molecule has 1 aliphatic heterocycles. The fourth-order valence-corrected chi connectivity index (χ4v) is 4.91. The Balaban J connectivity index is 1.51. The van der Waals surface area contributed by atoms with Gasteiger partial charge in [0.15, 0.2) is 5.82 Å². The maximum absolute atomic E-state index is 13.4. The van der Waals surface area contributed by atoms with Crippen LogP contribution in [0.15, 0.2) is 53.3 Å². The molecule has 1 fully saturated rings. The summed E-state index contributed by atoms with van der Waals surface area (Å²) in [6.07, 6.45) is 0. The predicted octanol–water partition coefficient (Wildman–Crippen LogP) is 3.40. The molecular weight excluding hydrogens is 472 g/mol. The van der Waals surface area contributed by atoms with Crippen LogP contribution in [-0.4, -0.2) is 61.2 Å². The number of nitrogens with zero attached hydrogens (tertiary/aromatic N) is 7. The van der Waals surface area contributed by atoms with Gasteiger partial charge in [-0.05, 0) is 73.8 Å². The van der Waals surface area contributed by atoms with E-state index in [1.165, 1.54) is 12.1 Å². The predicted molar refractivity (Wildman–Crippen MR) is 141 cm³/mol. The zero-order chi connectivity index (χ0) is 26.3. The van der Waals surface area contributed by atoms with Crippen molar-refractivity contribution in [3.05, 3.63) is 86.0 Å². The van der Waals surface area contributed by atoms with Crippen molar-refractivity contribution in [2.45, 2.75) is 39.3 Å². The van der Waals surface area contributed by atoms with E-state index in [1.54, 1.807) is 16.8 Å². The Morgan fingerprint density at radius 2 is 1.73 bits per heavy atom.